The topological polar surface area (TPSA) is 184 Å². The number of oxazole rings is 2. The Morgan fingerprint density at radius 1 is 0.600 bits per heavy atom. The van der Waals surface area contributed by atoms with Gasteiger partial charge in [0, 0.05) is 38.5 Å². The first-order valence-electron chi connectivity index (χ1n) is 20.4. The molecule has 0 spiro atoms. The third-order valence-electron chi connectivity index (χ3n) is 8.89. The highest BCUT2D eigenvalue weighted by Gasteiger charge is 2.40. The van der Waals surface area contributed by atoms with Crippen molar-refractivity contribution in [1.82, 2.24) is 9.97 Å². The average Bonchev–Trinajstić information content (AvgIpc) is 3.89. The fourth-order valence-corrected chi connectivity index (χ4v) is 5.65. The van der Waals surface area contributed by atoms with Crippen LogP contribution in [0.15, 0.2) is 27.7 Å². The highest BCUT2D eigenvalue weighted by Crippen LogP contribution is 2.33. The fraction of sp³-hybridized carbons (Fsp3) is 0.732. The molecule has 0 aliphatic carbocycles. The molecule has 5 atom stereocenters. The van der Waals surface area contributed by atoms with E-state index in [-0.39, 0.29) is 55.9 Å². The Kier molecular flexibility index (Phi) is 23.3. The van der Waals surface area contributed by atoms with Gasteiger partial charge in [-0.15, -0.1) is 0 Å². The van der Waals surface area contributed by atoms with Gasteiger partial charge >= 0.3 is 29.8 Å². The maximum atomic E-state index is 13.2. The monoisotopic (exact) mass is 776 g/mol. The van der Waals surface area contributed by atoms with Crippen molar-refractivity contribution in [3.63, 3.8) is 0 Å². The highest BCUT2D eigenvalue weighted by molar-refractivity contribution is 5.72. The van der Waals surface area contributed by atoms with E-state index in [2.05, 4.69) is 16.9 Å². The first kappa shape index (κ1) is 46.9. The number of hydrogen-bond donors (Lipinski definition) is 0. The summed E-state index contributed by atoms with van der Waals surface area (Å²) in [6, 6.07) is 0. The zero-order valence-corrected chi connectivity index (χ0v) is 33.8. The van der Waals surface area contributed by atoms with E-state index in [1.54, 1.807) is 6.92 Å². The van der Waals surface area contributed by atoms with Crippen molar-refractivity contribution in [3.05, 3.63) is 36.2 Å². The zero-order valence-electron chi connectivity index (χ0n) is 33.8. The lowest BCUT2D eigenvalue weighted by atomic mass is 10.00. The molecule has 2 rings (SSSR count). The lowest BCUT2D eigenvalue weighted by molar-refractivity contribution is -0.188. The van der Waals surface area contributed by atoms with Crippen molar-refractivity contribution in [2.75, 3.05) is 0 Å². The third-order valence-corrected chi connectivity index (χ3v) is 8.89. The summed E-state index contributed by atoms with van der Waals surface area (Å²) >= 11 is 0. The van der Waals surface area contributed by atoms with Crippen LogP contribution in [0.4, 0.5) is 0 Å². The minimum atomic E-state index is -1.25. The first-order valence-corrected chi connectivity index (χ1v) is 20.4. The first-order chi connectivity index (χ1) is 26.6. The SMILES string of the molecule is CCCCCCCC(=O)OC(c1cnco1)c1nc(C(CC(OC(=O)CCCC)C(OC(=O)CCCC)C(C)OC(=O)CCCC)OC(=O)CCCC)co1. The second-order valence-electron chi connectivity index (χ2n) is 13.9. The van der Waals surface area contributed by atoms with Crippen molar-refractivity contribution in [2.24, 2.45) is 0 Å². The number of nitrogens with zero attached hydrogens (tertiary/aromatic N) is 2. The number of rotatable bonds is 30. The molecular weight excluding hydrogens is 712 g/mol. The molecule has 0 aromatic carbocycles. The highest BCUT2D eigenvalue weighted by atomic mass is 16.6. The van der Waals surface area contributed by atoms with Crippen LogP contribution in [0.3, 0.4) is 0 Å². The molecule has 14 nitrogen and oxygen atoms in total. The largest absolute Gasteiger partial charge is 0.459 e. The minimum Gasteiger partial charge on any atom is -0.459 e. The molecule has 0 aliphatic heterocycles. The molecular formula is C41H64N2O12. The van der Waals surface area contributed by atoms with E-state index in [1.165, 1.54) is 18.9 Å². The van der Waals surface area contributed by atoms with Crippen LogP contribution in [0.5, 0.6) is 0 Å². The Labute approximate surface area is 326 Å². The standard InChI is InChI=1S/C41H64N2O12/c1-7-12-17-18-19-24-38(48)55-40(33-26-42-28-50-33)41-43-30(27-49-41)31(52-35(45)21-14-9-3)25-32(53-36(46)22-15-10-4)39(54-37(47)23-16-11-5)29(6)51-34(44)20-13-8-2/h26-29,31-32,39-40H,7-25H2,1-6H3. The van der Waals surface area contributed by atoms with Crippen LogP contribution in [0.2, 0.25) is 0 Å². The van der Waals surface area contributed by atoms with Gasteiger partial charge in [-0.3, -0.25) is 24.0 Å². The van der Waals surface area contributed by atoms with E-state index in [0.29, 0.717) is 32.1 Å². The van der Waals surface area contributed by atoms with Crippen LogP contribution >= 0.6 is 0 Å². The number of carbonyl (C=O) groups excluding carboxylic acids is 5. The Bertz CT molecular complexity index is 1390. The van der Waals surface area contributed by atoms with E-state index in [0.717, 1.165) is 51.4 Å². The normalized spacial score (nSPS) is 13.9. The summed E-state index contributed by atoms with van der Waals surface area (Å²) in [7, 11) is 0. The van der Waals surface area contributed by atoms with Gasteiger partial charge in [0.25, 0.3) is 0 Å². The summed E-state index contributed by atoms with van der Waals surface area (Å²) in [6.45, 7) is 11.5. The number of unbranched alkanes of at least 4 members (excludes halogenated alkanes) is 8. The van der Waals surface area contributed by atoms with Gasteiger partial charge in [-0.05, 0) is 39.0 Å². The van der Waals surface area contributed by atoms with Gasteiger partial charge in [-0.1, -0.05) is 86.0 Å². The van der Waals surface area contributed by atoms with Crippen molar-refractivity contribution < 1.29 is 56.5 Å². The summed E-state index contributed by atoms with van der Waals surface area (Å²) in [6.07, 6.45) is 8.39. The molecule has 310 valence electrons. The molecule has 5 unspecified atom stereocenters. The van der Waals surface area contributed by atoms with Crippen molar-refractivity contribution in [3.8, 4) is 0 Å². The average molecular weight is 777 g/mol. The lowest BCUT2D eigenvalue weighted by Crippen LogP contribution is -2.45. The number of ether oxygens (including phenoxy) is 5. The molecule has 0 radical (unpaired) electrons. The zero-order chi connectivity index (χ0) is 40.4. The quantitative estimate of drug-likeness (QED) is 0.0415. The maximum absolute atomic E-state index is 13.2. The fourth-order valence-electron chi connectivity index (χ4n) is 5.65. The van der Waals surface area contributed by atoms with E-state index >= 15 is 0 Å². The van der Waals surface area contributed by atoms with E-state index < -0.39 is 60.4 Å². The molecule has 2 aromatic heterocycles. The minimum absolute atomic E-state index is 0.0575. The van der Waals surface area contributed by atoms with Crippen LogP contribution in [0.25, 0.3) is 0 Å². The van der Waals surface area contributed by atoms with E-state index in [9.17, 15) is 24.0 Å². The Hall–Kier alpha value is -4.23. The molecule has 2 heterocycles. The van der Waals surface area contributed by atoms with E-state index in [1.807, 2.05) is 27.7 Å². The van der Waals surface area contributed by atoms with Crippen molar-refractivity contribution in [1.29, 1.82) is 0 Å². The molecule has 0 aliphatic rings. The van der Waals surface area contributed by atoms with Crippen molar-refractivity contribution in [2.45, 2.75) is 194 Å². The molecule has 0 saturated carbocycles. The van der Waals surface area contributed by atoms with Gasteiger partial charge in [-0.25, -0.2) is 9.97 Å². The predicted octanol–water partition coefficient (Wildman–Crippen LogP) is 9.15. The molecule has 0 saturated heterocycles. The van der Waals surface area contributed by atoms with Crippen LogP contribution in [-0.4, -0.2) is 58.1 Å². The molecule has 0 fully saturated rings. The van der Waals surface area contributed by atoms with E-state index in [4.69, 9.17) is 32.5 Å². The lowest BCUT2D eigenvalue weighted by Gasteiger charge is -2.32. The van der Waals surface area contributed by atoms with Crippen LogP contribution in [0.1, 0.15) is 193 Å². The Balaban J connectivity index is 2.55. The number of carbonyl (C=O) groups is 5. The maximum Gasteiger partial charge on any atom is 0.307 e. The van der Waals surface area contributed by atoms with Gasteiger partial charge in [0.1, 0.15) is 24.2 Å². The summed E-state index contributed by atoms with van der Waals surface area (Å²) in [5.74, 6) is -2.51. The van der Waals surface area contributed by atoms with Crippen LogP contribution < -0.4 is 0 Å². The Morgan fingerprint density at radius 3 is 1.67 bits per heavy atom. The molecule has 55 heavy (non-hydrogen) atoms. The second kappa shape index (κ2) is 27.4. The summed E-state index contributed by atoms with van der Waals surface area (Å²) < 4.78 is 40.7. The summed E-state index contributed by atoms with van der Waals surface area (Å²) in [5, 5.41) is 0. The Morgan fingerprint density at radius 2 is 1.11 bits per heavy atom. The smallest absolute Gasteiger partial charge is 0.307 e. The predicted molar refractivity (Wildman–Crippen MR) is 201 cm³/mol. The van der Waals surface area contributed by atoms with Crippen LogP contribution in [0, 0.1) is 0 Å². The van der Waals surface area contributed by atoms with Crippen molar-refractivity contribution >= 4 is 29.8 Å². The summed E-state index contributed by atoms with van der Waals surface area (Å²) in [5.41, 5.74) is 0.123. The second-order valence-corrected chi connectivity index (χ2v) is 13.9. The summed E-state index contributed by atoms with van der Waals surface area (Å²) in [4.78, 5) is 73.8. The van der Waals surface area contributed by atoms with Gasteiger partial charge in [0.2, 0.25) is 12.0 Å². The number of aromatic nitrogens is 2. The van der Waals surface area contributed by atoms with Gasteiger partial charge in [-0.2, -0.15) is 0 Å². The van der Waals surface area contributed by atoms with Gasteiger partial charge in [0.05, 0.1) is 6.20 Å². The molecule has 0 bridgehead atoms. The molecule has 0 amide bonds. The molecule has 0 N–H and O–H groups in total. The third kappa shape index (κ3) is 18.3. The number of esters is 5. The molecule has 14 heteroatoms. The van der Waals surface area contributed by atoms with Crippen LogP contribution in [-0.2, 0) is 47.7 Å². The molecule has 2 aromatic rings. The number of hydrogen-bond acceptors (Lipinski definition) is 14. The van der Waals surface area contributed by atoms with Gasteiger partial charge in [0.15, 0.2) is 24.4 Å². The van der Waals surface area contributed by atoms with Gasteiger partial charge < -0.3 is 32.5 Å².